The fourth-order valence-electron chi connectivity index (χ4n) is 1.69. The van der Waals surface area contributed by atoms with Gasteiger partial charge in [0.2, 0.25) is 4.88 Å². The first kappa shape index (κ1) is 11.8. The highest BCUT2D eigenvalue weighted by molar-refractivity contribution is 7.32. The standard InChI is InChI=1S/C12H12N2O2S/c1-8-11(12(15)16)17(13)10(14-8)7-9-5-3-2-4-6-9/h2-6H,7,13H2,1H3. The average Bonchev–Trinajstić information content (AvgIpc) is 2.55. The number of nitrogens with zero attached hydrogens (tertiary/aromatic N) is 1. The van der Waals surface area contributed by atoms with E-state index in [9.17, 15) is 9.90 Å². The number of aromatic nitrogens is 1. The van der Waals surface area contributed by atoms with Gasteiger partial charge in [-0.25, -0.2) is 0 Å². The Bertz CT molecular complexity index is 549. The number of nitrogens with two attached hydrogens (primary N) is 1. The van der Waals surface area contributed by atoms with Crippen molar-refractivity contribution in [3.8, 4) is 0 Å². The first-order valence-corrected chi connectivity index (χ1v) is 6.41. The van der Waals surface area contributed by atoms with Crippen LogP contribution >= 0.6 is 10.7 Å². The first-order chi connectivity index (χ1) is 8.09. The van der Waals surface area contributed by atoms with Crippen LogP contribution in [0.2, 0.25) is 0 Å². The number of carbonyl (C=O) groups is 1. The van der Waals surface area contributed by atoms with Crippen LogP contribution in [-0.2, 0) is 6.42 Å². The molecule has 0 fully saturated rings. The van der Waals surface area contributed by atoms with Gasteiger partial charge in [0.05, 0.1) is 17.1 Å². The molecule has 2 rings (SSSR count). The third-order valence-electron chi connectivity index (χ3n) is 2.48. The smallest absolute Gasteiger partial charge is 0.268 e. The second kappa shape index (κ2) is 4.65. The molecular formula is C12H12N2O2S. The Balaban J connectivity index is 2.35. The lowest BCUT2D eigenvalue weighted by molar-refractivity contribution is -0.254. The summed E-state index contributed by atoms with van der Waals surface area (Å²) in [5.74, 6) is -1.22. The van der Waals surface area contributed by atoms with E-state index in [1.165, 1.54) is 0 Å². The summed E-state index contributed by atoms with van der Waals surface area (Å²) < 4.78 is 0. The van der Waals surface area contributed by atoms with Crippen molar-refractivity contribution in [1.82, 2.24) is 4.98 Å². The molecule has 1 aromatic heterocycles. The number of carboxylic acids is 1. The van der Waals surface area contributed by atoms with E-state index in [0.717, 1.165) is 5.56 Å². The SMILES string of the molecule is Cc1nc(Cc2ccccc2)[s+](N)c1C(=O)[O-]. The number of rotatable bonds is 3. The van der Waals surface area contributed by atoms with E-state index >= 15 is 0 Å². The fourth-order valence-corrected chi connectivity index (χ4v) is 3.03. The molecule has 88 valence electrons. The average molecular weight is 248 g/mol. The predicted molar refractivity (Wildman–Crippen MR) is 65.2 cm³/mol. The summed E-state index contributed by atoms with van der Waals surface area (Å²) in [5.41, 5.74) is 1.53. The Labute approximate surface area is 102 Å². The minimum atomic E-state index is -1.22. The van der Waals surface area contributed by atoms with Crippen LogP contribution in [0.1, 0.15) is 25.9 Å². The van der Waals surface area contributed by atoms with E-state index in [-0.39, 0.29) is 4.88 Å². The number of carbonyl (C=O) groups excluding carboxylic acids is 1. The van der Waals surface area contributed by atoms with Crippen LogP contribution in [0.3, 0.4) is 0 Å². The monoisotopic (exact) mass is 248 g/mol. The van der Waals surface area contributed by atoms with Crippen LogP contribution in [0.15, 0.2) is 30.3 Å². The molecule has 1 heterocycles. The summed E-state index contributed by atoms with van der Waals surface area (Å²) >= 11 is 0. The number of aromatic carboxylic acids is 1. The molecule has 1 aromatic carbocycles. The quantitative estimate of drug-likeness (QED) is 0.815. The summed E-state index contributed by atoms with van der Waals surface area (Å²) in [7, 11) is -0.942. The van der Waals surface area contributed by atoms with Crippen molar-refractivity contribution in [2.75, 3.05) is 5.14 Å². The largest absolute Gasteiger partial charge is 0.540 e. The van der Waals surface area contributed by atoms with Crippen molar-refractivity contribution >= 4 is 16.6 Å². The molecule has 0 aliphatic rings. The van der Waals surface area contributed by atoms with E-state index in [1.807, 2.05) is 30.3 Å². The number of aryl methyl sites for hydroxylation is 1. The van der Waals surface area contributed by atoms with E-state index in [4.69, 9.17) is 5.14 Å². The van der Waals surface area contributed by atoms with E-state index in [1.54, 1.807) is 6.92 Å². The molecule has 5 heteroatoms. The molecule has 0 aliphatic heterocycles. The zero-order chi connectivity index (χ0) is 12.4. The minimum absolute atomic E-state index is 0.121. The van der Waals surface area contributed by atoms with Gasteiger partial charge in [0.15, 0.2) is 0 Å². The van der Waals surface area contributed by atoms with Gasteiger partial charge in [-0.3, -0.25) is 0 Å². The Morgan fingerprint density at radius 3 is 2.59 bits per heavy atom. The molecule has 0 aliphatic carbocycles. The van der Waals surface area contributed by atoms with Crippen LogP contribution in [0.5, 0.6) is 0 Å². The molecule has 1 atom stereocenters. The number of hydrogen-bond acceptors (Lipinski definition) is 4. The molecule has 4 nitrogen and oxygen atoms in total. The lowest BCUT2D eigenvalue weighted by Crippen LogP contribution is -2.23. The zero-order valence-electron chi connectivity index (χ0n) is 9.34. The van der Waals surface area contributed by atoms with Crippen LogP contribution in [-0.4, -0.2) is 11.0 Å². The van der Waals surface area contributed by atoms with Crippen LogP contribution in [0.4, 0.5) is 0 Å². The van der Waals surface area contributed by atoms with Crippen molar-refractivity contribution in [2.45, 2.75) is 13.3 Å². The van der Waals surface area contributed by atoms with Crippen molar-refractivity contribution in [1.29, 1.82) is 0 Å². The number of nitrogen functional groups attached to an aromatic ring is 1. The highest BCUT2D eigenvalue weighted by atomic mass is 32.2. The van der Waals surface area contributed by atoms with Gasteiger partial charge in [0.25, 0.3) is 5.01 Å². The third kappa shape index (κ3) is 2.35. The van der Waals surface area contributed by atoms with E-state index < -0.39 is 16.6 Å². The van der Waals surface area contributed by atoms with Crippen molar-refractivity contribution in [3.63, 3.8) is 0 Å². The predicted octanol–water partition coefficient (Wildman–Crippen LogP) is 0.807. The molecule has 0 saturated carbocycles. The Morgan fingerprint density at radius 2 is 2.06 bits per heavy atom. The summed E-state index contributed by atoms with van der Waals surface area (Å²) in [5, 5.41) is 17.5. The normalized spacial score (nSPS) is 11.5. The molecule has 17 heavy (non-hydrogen) atoms. The van der Waals surface area contributed by atoms with E-state index in [2.05, 4.69) is 4.98 Å². The summed E-state index contributed by atoms with van der Waals surface area (Å²) in [6, 6.07) is 9.72. The van der Waals surface area contributed by atoms with Crippen molar-refractivity contribution < 1.29 is 9.90 Å². The molecule has 0 amide bonds. The summed E-state index contributed by atoms with van der Waals surface area (Å²) in [6.07, 6.45) is 0.578. The second-order valence-corrected chi connectivity index (χ2v) is 5.26. The second-order valence-electron chi connectivity index (χ2n) is 3.71. The number of carboxylic acid groups (broad SMARTS) is 1. The van der Waals surface area contributed by atoms with Gasteiger partial charge >= 0.3 is 0 Å². The maximum atomic E-state index is 10.9. The molecule has 2 aromatic rings. The van der Waals surface area contributed by atoms with Gasteiger partial charge in [-0.15, -0.1) is 5.14 Å². The van der Waals surface area contributed by atoms with Crippen molar-refractivity contribution in [2.24, 2.45) is 0 Å². The molecule has 0 bridgehead atoms. The molecule has 0 spiro atoms. The summed E-state index contributed by atoms with van der Waals surface area (Å²) in [6.45, 7) is 1.65. The van der Waals surface area contributed by atoms with Crippen LogP contribution in [0, 0.1) is 6.92 Å². The number of hydrogen-bond donors (Lipinski definition) is 1. The maximum Gasteiger partial charge on any atom is 0.268 e. The van der Waals surface area contributed by atoms with Gasteiger partial charge < -0.3 is 9.90 Å². The summed E-state index contributed by atoms with van der Waals surface area (Å²) in [4.78, 5) is 15.3. The Hall–Kier alpha value is -1.72. The molecule has 2 N–H and O–H groups in total. The Kier molecular flexibility index (Phi) is 3.21. The van der Waals surface area contributed by atoms with Crippen molar-refractivity contribution in [3.05, 3.63) is 51.5 Å². The molecule has 0 radical (unpaired) electrons. The zero-order valence-corrected chi connectivity index (χ0v) is 10.2. The maximum absolute atomic E-state index is 10.9. The van der Waals surface area contributed by atoms with Crippen LogP contribution < -0.4 is 10.2 Å². The number of benzene rings is 1. The molecular weight excluding hydrogens is 236 g/mol. The first-order valence-electron chi connectivity index (χ1n) is 5.12. The fraction of sp³-hybridized carbons (Fsp3) is 0.167. The minimum Gasteiger partial charge on any atom is -0.540 e. The Morgan fingerprint density at radius 1 is 1.41 bits per heavy atom. The highest BCUT2D eigenvalue weighted by Gasteiger charge is 2.24. The van der Waals surface area contributed by atoms with E-state index in [0.29, 0.717) is 17.1 Å². The number of thiazole rings is 1. The molecule has 1 unspecified atom stereocenters. The topological polar surface area (TPSA) is 79.0 Å². The highest BCUT2D eigenvalue weighted by Crippen LogP contribution is 2.26. The van der Waals surface area contributed by atoms with Gasteiger partial charge in [-0.2, -0.15) is 4.98 Å². The lowest BCUT2D eigenvalue weighted by atomic mass is 10.2. The lowest BCUT2D eigenvalue weighted by Gasteiger charge is -1.95. The van der Waals surface area contributed by atoms with Gasteiger partial charge in [-0.1, -0.05) is 30.3 Å². The van der Waals surface area contributed by atoms with Crippen LogP contribution in [0.25, 0.3) is 0 Å². The van der Waals surface area contributed by atoms with Gasteiger partial charge in [0.1, 0.15) is 11.7 Å². The van der Waals surface area contributed by atoms with Gasteiger partial charge in [-0.05, 0) is 12.5 Å². The molecule has 0 saturated heterocycles. The third-order valence-corrected chi connectivity index (χ3v) is 4.12. The van der Waals surface area contributed by atoms with Gasteiger partial charge in [0, 0.05) is 0 Å².